The number of nitrogens with zero attached hydrogens (tertiary/aromatic N) is 3. The predicted octanol–water partition coefficient (Wildman–Crippen LogP) is 3.27. The molecule has 24 heavy (non-hydrogen) atoms. The minimum absolute atomic E-state index is 0.637. The molecule has 0 saturated carbocycles. The molecule has 2 aromatic heterocycles. The van der Waals surface area contributed by atoms with Gasteiger partial charge in [0.15, 0.2) is 0 Å². The predicted molar refractivity (Wildman–Crippen MR) is 99.5 cm³/mol. The highest BCUT2D eigenvalue weighted by Crippen LogP contribution is 2.26. The third-order valence-electron chi connectivity index (χ3n) is 3.81. The van der Waals surface area contributed by atoms with Gasteiger partial charge in [0.1, 0.15) is 12.1 Å². The molecule has 0 unspecified atom stereocenters. The van der Waals surface area contributed by atoms with E-state index in [9.17, 15) is 0 Å². The summed E-state index contributed by atoms with van der Waals surface area (Å²) in [4.78, 5) is 14.5. The Bertz CT molecular complexity index is 871. The largest absolute Gasteiger partial charge is 0.364 e. The molecule has 1 aliphatic rings. The van der Waals surface area contributed by atoms with E-state index in [0.29, 0.717) is 6.54 Å². The molecule has 0 bridgehead atoms. The summed E-state index contributed by atoms with van der Waals surface area (Å²) in [5.74, 6) is 1.82. The van der Waals surface area contributed by atoms with Crippen molar-refractivity contribution in [2.24, 2.45) is 0 Å². The van der Waals surface area contributed by atoms with Crippen molar-refractivity contribution >= 4 is 34.6 Å². The number of aromatic nitrogens is 3. The number of nitrogens with one attached hydrogen (secondary N) is 2. The molecule has 5 nitrogen and oxygen atoms in total. The van der Waals surface area contributed by atoms with Gasteiger partial charge in [0.05, 0.1) is 17.8 Å². The number of hydrogen-bond donors (Lipinski definition) is 2. The van der Waals surface area contributed by atoms with Crippen LogP contribution < -0.4 is 10.6 Å². The monoisotopic (exact) mass is 335 g/mol. The zero-order valence-electron chi connectivity index (χ0n) is 13.1. The van der Waals surface area contributed by atoms with Crippen LogP contribution in [0.3, 0.4) is 0 Å². The molecule has 1 fully saturated rings. The maximum Gasteiger partial charge on any atom is 0.137 e. The van der Waals surface area contributed by atoms with Crippen molar-refractivity contribution in [1.82, 2.24) is 20.3 Å². The minimum Gasteiger partial charge on any atom is -0.364 e. The van der Waals surface area contributed by atoms with Crippen LogP contribution in [0.25, 0.3) is 17.0 Å². The van der Waals surface area contributed by atoms with Gasteiger partial charge < -0.3 is 10.6 Å². The third-order valence-corrected chi connectivity index (χ3v) is 4.79. The summed E-state index contributed by atoms with van der Waals surface area (Å²) in [5.41, 5.74) is 3.09. The second kappa shape index (κ2) is 6.98. The Hall–Kier alpha value is -2.44. The van der Waals surface area contributed by atoms with E-state index in [4.69, 9.17) is 0 Å². The third kappa shape index (κ3) is 3.39. The highest BCUT2D eigenvalue weighted by Gasteiger charge is 2.08. The summed E-state index contributed by atoms with van der Waals surface area (Å²) in [6, 6.07) is 12.2. The average molecular weight is 335 g/mol. The Morgan fingerprint density at radius 3 is 3.00 bits per heavy atom. The van der Waals surface area contributed by atoms with Crippen LogP contribution in [-0.4, -0.2) is 27.4 Å². The van der Waals surface area contributed by atoms with Gasteiger partial charge in [0.25, 0.3) is 0 Å². The van der Waals surface area contributed by atoms with Gasteiger partial charge in [-0.1, -0.05) is 12.1 Å². The molecule has 0 spiro atoms. The first kappa shape index (κ1) is 15.1. The second-order valence-corrected chi connectivity index (χ2v) is 6.60. The summed E-state index contributed by atoms with van der Waals surface area (Å²) in [6.45, 7) is 1.58. The van der Waals surface area contributed by atoms with E-state index >= 15 is 0 Å². The molecular weight excluding hydrogens is 318 g/mol. The first-order valence-corrected chi connectivity index (χ1v) is 8.80. The zero-order valence-corrected chi connectivity index (χ0v) is 13.9. The minimum atomic E-state index is 0.637. The molecule has 1 aromatic carbocycles. The molecule has 3 aromatic rings. The van der Waals surface area contributed by atoms with Crippen molar-refractivity contribution in [2.45, 2.75) is 6.54 Å². The molecule has 0 radical (unpaired) electrons. The van der Waals surface area contributed by atoms with Crippen LogP contribution in [0, 0.1) is 0 Å². The number of pyridine rings is 1. The van der Waals surface area contributed by atoms with E-state index in [-0.39, 0.29) is 0 Å². The lowest BCUT2D eigenvalue weighted by Crippen LogP contribution is -2.04. The summed E-state index contributed by atoms with van der Waals surface area (Å²) in [5, 5.41) is 7.73. The van der Waals surface area contributed by atoms with Crippen LogP contribution in [0.1, 0.15) is 11.3 Å². The van der Waals surface area contributed by atoms with E-state index in [1.165, 1.54) is 10.5 Å². The normalized spacial score (nSPS) is 15.9. The lowest BCUT2D eigenvalue weighted by Gasteiger charge is -2.08. The summed E-state index contributed by atoms with van der Waals surface area (Å²) in [6.07, 6.45) is 5.62. The fraction of sp³-hybridized carbons (Fsp3) is 0.167. The van der Waals surface area contributed by atoms with Gasteiger partial charge in [-0.3, -0.25) is 4.98 Å². The Balaban J connectivity index is 1.63. The van der Waals surface area contributed by atoms with Gasteiger partial charge in [-0.05, 0) is 35.9 Å². The van der Waals surface area contributed by atoms with Crippen molar-refractivity contribution < 1.29 is 0 Å². The van der Waals surface area contributed by atoms with E-state index in [2.05, 4.69) is 43.8 Å². The number of thioether (sulfide) groups is 1. The van der Waals surface area contributed by atoms with Crippen LogP contribution in [0.2, 0.25) is 0 Å². The van der Waals surface area contributed by atoms with Crippen molar-refractivity contribution in [2.75, 3.05) is 17.7 Å². The summed E-state index contributed by atoms with van der Waals surface area (Å²) >= 11 is 1.85. The van der Waals surface area contributed by atoms with Crippen molar-refractivity contribution in [1.29, 1.82) is 0 Å². The quantitative estimate of drug-likeness (QED) is 0.763. The SMILES string of the molecule is C(=C1CNCS1)c1ccc2ncnc(NCc3ccccn3)c2c1. The summed E-state index contributed by atoms with van der Waals surface area (Å²) < 4.78 is 0. The molecule has 0 aliphatic carbocycles. The van der Waals surface area contributed by atoms with Gasteiger partial charge in [0, 0.05) is 28.9 Å². The fourth-order valence-corrected chi connectivity index (χ4v) is 3.44. The van der Waals surface area contributed by atoms with Crippen molar-refractivity contribution in [3.8, 4) is 0 Å². The van der Waals surface area contributed by atoms with E-state index < -0.39 is 0 Å². The van der Waals surface area contributed by atoms with Gasteiger partial charge in [-0.25, -0.2) is 9.97 Å². The van der Waals surface area contributed by atoms with Crippen LogP contribution in [-0.2, 0) is 6.54 Å². The van der Waals surface area contributed by atoms with Crippen LogP contribution in [0.15, 0.2) is 53.8 Å². The number of rotatable bonds is 4. The van der Waals surface area contributed by atoms with Crippen LogP contribution in [0.5, 0.6) is 0 Å². The van der Waals surface area contributed by atoms with E-state index in [0.717, 1.165) is 34.8 Å². The highest BCUT2D eigenvalue weighted by molar-refractivity contribution is 8.03. The van der Waals surface area contributed by atoms with Gasteiger partial charge in [-0.2, -0.15) is 0 Å². The molecule has 2 N–H and O–H groups in total. The Morgan fingerprint density at radius 1 is 1.17 bits per heavy atom. The lowest BCUT2D eigenvalue weighted by atomic mass is 10.1. The Kier molecular flexibility index (Phi) is 4.40. The molecular formula is C18H17N5S. The van der Waals surface area contributed by atoms with Crippen molar-refractivity contribution in [3.05, 3.63) is 65.1 Å². The maximum atomic E-state index is 4.41. The standard InChI is InChI=1S/C18H17N5S/c1-2-6-20-14(3-1)9-21-18-16-8-13(7-15-10-19-12-24-15)4-5-17(16)22-11-23-18/h1-8,11,19H,9-10,12H2,(H,21,22,23). The second-order valence-electron chi connectivity index (χ2n) is 5.50. The molecule has 1 saturated heterocycles. The highest BCUT2D eigenvalue weighted by atomic mass is 32.2. The maximum absolute atomic E-state index is 4.41. The van der Waals surface area contributed by atoms with Gasteiger partial charge in [0.2, 0.25) is 0 Å². The molecule has 4 rings (SSSR count). The number of fused-ring (bicyclic) bond motifs is 1. The first-order chi connectivity index (χ1) is 11.9. The van der Waals surface area contributed by atoms with Crippen LogP contribution >= 0.6 is 11.8 Å². The van der Waals surface area contributed by atoms with Gasteiger partial charge in [-0.15, -0.1) is 11.8 Å². The molecule has 0 amide bonds. The topological polar surface area (TPSA) is 62.7 Å². The average Bonchev–Trinajstić information content (AvgIpc) is 3.14. The fourth-order valence-electron chi connectivity index (χ4n) is 2.63. The number of benzene rings is 1. The smallest absolute Gasteiger partial charge is 0.137 e. The molecule has 120 valence electrons. The zero-order chi connectivity index (χ0) is 16.2. The van der Waals surface area contributed by atoms with Crippen LogP contribution in [0.4, 0.5) is 5.82 Å². The lowest BCUT2D eigenvalue weighted by molar-refractivity contribution is 0.916. The van der Waals surface area contributed by atoms with Gasteiger partial charge >= 0.3 is 0 Å². The Labute approximate surface area is 144 Å². The van der Waals surface area contributed by atoms with Crippen molar-refractivity contribution in [3.63, 3.8) is 0 Å². The Morgan fingerprint density at radius 2 is 2.17 bits per heavy atom. The van der Waals surface area contributed by atoms with E-state index in [1.54, 1.807) is 12.5 Å². The first-order valence-electron chi connectivity index (χ1n) is 7.81. The molecule has 1 aliphatic heterocycles. The molecule has 6 heteroatoms. The molecule has 3 heterocycles. The number of anilines is 1. The van der Waals surface area contributed by atoms with E-state index in [1.807, 2.05) is 36.0 Å². The summed E-state index contributed by atoms with van der Waals surface area (Å²) in [7, 11) is 0. The molecule has 0 atom stereocenters. The number of hydrogen-bond acceptors (Lipinski definition) is 6.